The van der Waals surface area contributed by atoms with Crippen LogP contribution < -0.4 is 0 Å². The fraction of sp³-hybridized carbons (Fsp3) is 0.929. The van der Waals surface area contributed by atoms with E-state index in [-0.39, 0.29) is 12.0 Å². The molecule has 1 aliphatic rings. The highest BCUT2D eigenvalue weighted by molar-refractivity contribution is 5.71. The lowest BCUT2D eigenvalue weighted by Crippen LogP contribution is -2.46. The summed E-state index contributed by atoms with van der Waals surface area (Å²) in [6, 6.07) is 0.168. The van der Waals surface area contributed by atoms with E-state index in [1.807, 2.05) is 14.0 Å². The fourth-order valence-corrected chi connectivity index (χ4v) is 2.90. The van der Waals surface area contributed by atoms with E-state index in [9.17, 15) is 9.90 Å². The molecule has 1 rings (SSSR count). The van der Waals surface area contributed by atoms with Crippen molar-refractivity contribution in [1.29, 1.82) is 0 Å². The van der Waals surface area contributed by atoms with Crippen LogP contribution in [0.4, 0.5) is 0 Å². The first-order chi connectivity index (χ1) is 8.60. The Labute approximate surface area is 110 Å². The van der Waals surface area contributed by atoms with Crippen molar-refractivity contribution in [2.75, 3.05) is 26.8 Å². The van der Waals surface area contributed by atoms with Gasteiger partial charge in [-0.05, 0) is 39.2 Å². The number of rotatable bonds is 7. The predicted octanol–water partition coefficient (Wildman–Crippen LogP) is 2.23. The van der Waals surface area contributed by atoms with Crippen molar-refractivity contribution >= 4 is 5.97 Å². The Balaban J connectivity index is 2.56. The normalized spacial score (nSPS) is 28.6. The van der Waals surface area contributed by atoms with Crippen molar-refractivity contribution in [1.82, 2.24) is 4.90 Å². The number of likely N-dealkylation sites (N-methyl/N-ethyl adjacent to an activating group) is 1. The van der Waals surface area contributed by atoms with Crippen LogP contribution in [-0.4, -0.2) is 48.8 Å². The maximum atomic E-state index is 11.3. The van der Waals surface area contributed by atoms with Crippen LogP contribution in [0.3, 0.4) is 0 Å². The Morgan fingerprint density at radius 3 is 2.67 bits per heavy atom. The van der Waals surface area contributed by atoms with Gasteiger partial charge in [-0.1, -0.05) is 13.3 Å². The average Bonchev–Trinajstić information content (AvgIpc) is 2.38. The Morgan fingerprint density at radius 1 is 1.39 bits per heavy atom. The van der Waals surface area contributed by atoms with Crippen molar-refractivity contribution in [2.24, 2.45) is 11.8 Å². The van der Waals surface area contributed by atoms with Crippen molar-refractivity contribution in [3.05, 3.63) is 0 Å². The minimum Gasteiger partial charge on any atom is -0.481 e. The van der Waals surface area contributed by atoms with Gasteiger partial charge in [0.2, 0.25) is 0 Å². The molecule has 106 valence electrons. The highest BCUT2D eigenvalue weighted by Crippen LogP contribution is 2.33. The molecule has 1 saturated carbocycles. The summed E-state index contributed by atoms with van der Waals surface area (Å²) >= 11 is 0. The molecule has 1 fully saturated rings. The van der Waals surface area contributed by atoms with Gasteiger partial charge in [0.1, 0.15) is 0 Å². The van der Waals surface area contributed by atoms with Crippen molar-refractivity contribution < 1.29 is 14.6 Å². The lowest BCUT2D eigenvalue weighted by Gasteiger charge is -2.39. The molecule has 0 aromatic heterocycles. The molecule has 0 aromatic carbocycles. The molecule has 0 amide bonds. The third-order valence-electron chi connectivity index (χ3n) is 4.18. The van der Waals surface area contributed by atoms with Crippen molar-refractivity contribution in [3.8, 4) is 0 Å². The third-order valence-corrected chi connectivity index (χ3v) is 4.18. The standard InChI is InChI=1S/C14H27NO3/c1-4-11-6-7-12(14(16)17)13(10-11)15(3)8-9-18-5-2/h11-13H,4-10H2,1-3H3,(H,16,17). The van der Waals surface area contributed by atoms with Gasteiger partial charge < -0.3 is 14.7 Å². The topological polar surface area (TPSA) is 49.8 Å². The fourth-order valence-electron chi connectivity index (χ4n) is 2.90. The van der Waals surface area contributed by atoms with E-state index in [1.54, 1.807) is 0 Å². The van der Waals surface area contributed by atoms with Crippen LogP contribution in [0.25, 0.3) is 0 Å². The lowest BCUT2D eigenvalue weighted by atomic mass is 9.76. The predicted molar refractivity (Wildman–Crippen MR) is 71.7 cm³/mol. The molecule has 0 saturated heterocycles. The maximum absolute atomic E-state index is 11.3. The van der Waals surface area contributed by atoms with Gasteiger partial charge in [0.15, 0.2) is 0 Å². The first-order valence-electron chi connectivity index (χ1n) is 7.10. The summed E-state index contributed by atoms with van der Waals surface area (Å²) in [5.74, 6) is -0.169. The van der Waals surface area contributed by atoms with Gasteiger partial charge in [0.25, 0.3) is 0 Å². The summed E-state index contributed by atoms with van der Waals surface area (Å²) in [4.78, 5) is 13.5. The van der Waals surface area contributed by atoms with Crippen LogP contribution in [0.15, 0.2) is 0 Å². The van der Waals surface area contributed by atoms with Gasteiger partial charge in [-0.15, -0.1) is 0 Å². The molecule has 0 spiro atoms. The molecule has 0 aliphatic heterocycles. The highest BCUT2D eigenvalue weighted by Gasteiger charge is 2.36. The highest BCUT2D eigenvalue weighted by atomic mass is 16.5. The van der Waals surface area contributed by atoms with Gasteiger partial charge in [0, 0.05) is 19.2 Å². The summed E-state index contributed by atoms with van der Waals surface area (Å²) in [6.07, 6.45) is 4.04. The van der Waals surface area contributed by atoms with Crippen LogP contribution >= 0.6 is 0 Å². The van der Waals surface area contributed by atoms with Crippen LogP contribution in [0.1, 0.15) is 39.5 Å². The van der Waals surface area contributed by atoms with Gasteiger partial charge in [-0.25, -0.2) is 0 Å². The average molecular weight is 257 g/mol. The van der Waals surface area contributed by atoms with Crippen LogP contribution in [0.2, 0.25) is 0 Å². The third kappa shape index (κ3) is 4.25. The van der Waals surface area contributed by atoms with Crippen LogP contribution in [0, 0.1) is 11.8 Å². The Morgan fingerprint density at radius 2 is 2.11 bits per heavy atom. The molecule has 1 aliphatic carbocycles. The van der Waals surface area contributed by atoms with E-state index in [4.69, 9.17) is 4.74 Å². The lowest BCUT2D eigenvalue weighted by molar-refractivity contribution is -0.146. The summed E-state index contributed by atoms with van der Waals surface area (Å²) < 4.78 is 5.35. The van der Waals surface area contributed by atoms with Crippen molar-refractivity contribution in [2.45, 2.75) is 45.6 Å². The van der Waals surface area contributed by atoms with Crippen LogP contribution in [0.5, 0.6) is 0 Å². The number of carboxylic acids is 1. The number of aliphatic carboxylic acids is 1. The van der Waals surface area contributed by atoms with E-state index in [1.165, 1.54) is 0 Å². The van der Waals surface area contributed by atoms with E-state index in [0.29, 0.717) is 12.5 Å². The van der Waals surface area contributed by atoms with Gasteiger partial charge in [0.05, 0.1) is 12.5 Å². The van der Waals surface area contributed by atoms with E-state index >= 15 is 0 Å². The van der Waals surface area contributed by atoms with Gasteiger partial charge in [-0.3, -0.25) is 4.79 Å². The van der Waals surface area contributed by atoms with Crippen LogP contribution in [-0.2, 0) is 9.53 Å². The van der Waals surface area contributed by atoms with E-state index in [0.717, 1.165) is 38.8 Å². The van der Waals surface area contributed by atoms with Gasteiger partial charge in [-0.2, -0.15) is 0 Å². The largest absolute Gasteiger partial charge is 0.481 e. The molecular weight excluding hydrogens is 230 g/mol. The zero-order valence-corrected chi connectivity index (χ0v) is 11.9. The molecule has 0 aromatic rings. The summed E-state index contributed by atoms with van der Waals surface area (Å²) in [7, 11) is 2.03. The molecule has 4 heteroatoms. The first kappa shape index (κ1) is 15.4. The number of carboxylic acid groups (broad SMARTS) is 1. The number of hydrogen-bond acceptors (Lipinski definition) is 3. The molecular formula is C14H27NO3. The second-order valence-electron chi connectivity index (χ2n) is 5.28. The Bertz CT molecular complexity index is 257. The number of hydrogen-bond donors (Lipinski definition) is 1. The molecule has 0 bridgehead atoms. The summed E-state index contributed by atoms with van der Waals surface area (Å²) in [5, 5.41) is 9.33. The quantitative estimate of drug-likeness (QED) is 0.711. The number of carbonyl (C=O) groups is 1. The molecule has 0 radical (unpaired) electrons. The number of ether oxygens (including phenoxy) is 1. The van der Waals surface area contributed by atoms with Crippen molar-refractivity contribution in [3.63, 3.8) is 0 Å². The molecule has 18 heavy (non-hydrogen) atoms. The zero-order valence-electron chi connectivity index (χ0n) is 11.9. The molecule has 1 N–H and O–H groups in total. The maximum Gasteiger partial charge on any atom is 0.308 e. The number of nitrogens with zero attached hydrogens (tertiary/aromatic N) is 1. The smallest absolute Gasteiger partial charge is 0.308 e. The molecule has 4 nitrogen and oxygen atoms in total. The molecule has 3 unspecified atom stereocenters. The molecule has 3 atom stereocenters. The second-order valence-corrected chi connectivity index (χ2v) is 5.28. The molecule has 0 heterocycles. The Hall–Kier alpha value is -0.610. The second kappa shape index (κ2) is 7.74. The van der Waals surface area contributed by atoms with Gasteiger partial charge >= 0.3 is 5.97 Å². The monoisotopic (exact) mass is 257 g/mol. The SMILES string of the molecule is CCOCCN(C)C1CC(CC)CCC1C(=O)O. The Kier molecular flexibility index (Phi) is 6.65. The minimum absolute atomic E-state index is 0.168. The first-order valence-corrected chi connectivity index (χ1v) is 7.10. The zero-order chi connectivity index (χ0) is 13.5. The summed E-state index contributed by atoms with van der Waals surface area (Å²) in [5.41, 5.74) is 0. The summed E-state index contributed by atoms with van der Waals surface area (Å²) in [6.45, 7) is 6.40. The van der Waals surface area contributed by atoms with E-state index in [2.05, 4.69) is 11.8 Å². The van der Waals surface area contributed by atoms with E-state index < -0.39 is 5.97 Å². The minimum atomic E-state index is -0.641.